The molecule has 0 aliphatic carbocycles. The molecule has 5 heteroatoms. The van der Waals surface area contributed by atoms with E-state index in [9.17, 15) is 0 Å². The third-order valence-electron chi connectivity index (χ3n) is 6.50. The summed E-state index contributed by atoms with van der Waals surface area (Å²) in [6.07, 6.45) is 8.13. The highest BCUT2D eigenvalue weighted by atomic mass is 16.7. The van der Waals surface area contributed by atoms with Crippen LogP contribution < -0.4 is 18.9 Å². The molecule has 0 fully saturated rings. The topological polar surface area (TPSA) is 40.2 Å². The zero-order valence-corrected chi connectivity index (χ0v) is 16.7. The Morgan fingerprint density at radius 3 is 2.69 bits per heavy atom. The minimum Gasteiger partial charge on any atom is -0.454 e. The molecule has 0 bridgehead atoms. The Morgan fingerprint density at radius 1 is 0.966 bits per heavy atom. The van der Waals surface area contributed by atoms with Crippen LogP contribution in [0.1, 0.15) is 60.9 Å². The van der Waals surface area contributed by atoms with Gasteiger partial charge in [0.05, 0.1) is 6.04 Å². The number of ether oxygens (including phenoxy) is 4. The van der Waals surface area contributed by atoms with Gasteiger partial charge in [0.25, 0.3) is 0 Å². The monoisotopic (exact) mass is 391 g/mol. The second-order valence-electron chi connectivity index (χ2n) is 8.15. The molecule has 1 atom stereocenters. The highest BCUT2D eigenvalue weighted by Crippen LogP contribution is 2.52. The van der Waals surface area contributed by atoms with Crippen LogP contribution in [0.15, 0.2) is 24.3 Å². The number of benzene rings is 2. The minimum absolute atomic E-state index is 0.312. The number of nitrogens with zero attached hydrogens (tertiary/aromatic N) is 1. The quantitative estimate of drug-likeness (QED) is 0.676. The molecule has 2 aromatic carbocycles. The second kappa shape index (κ2) is 6.61. The standard InChI is InChI=1S/C24H25NO4/c1-2-3-4-5-18-23-16(6-7-20-24(23)29-14-26-20)10-19-17-12-22-21(27-13-28-22)11-15(17)8-9-25(18)19/h6-7,10-12,18H,2-5,8-9,13-14H2,1H3/t18-/m1/s1. The molecule has 0 unspecified atom stereocenters. The first-order valence-corrected chi connectivity index (χ1v) is 10.7. The molecular weight excluding hydrogens is 366 g/mol. The van der Waals surface area contributed by atoms with Gasteiger partial charge < -0.3 is 23.8 Å². The van der Waals surface area contributed by atoms with E-state index in [1.54, 1.807) is 0 Å². The summed E-state index contributed by atoms with van der Waals surface area (Å²) in [6.45, 7) is 3.89. The summed E-state index contributed by atoms with van der Waals surface area (Å²) >= 11 is 0. The lowest BCUT2D eigenvalue weighted by atomic mass is 9.84. The zero-order valence-electron chi connectivity index (χ0n) is 16.7. The van der Waals surface area contributed by atoms with Crippen molar-refractivity contribution in [1.82, 2.24) is 4.90 Å². The summed E-state index contributed by atoms with van der Waals surface area (Å²) in [4.78, 5) is 2.57. The van der Waals surface area contributed by atoms with Crippen LogP contribution in [0.4, 0.5) is 0 Å². The molecule has 0 saturated heterocycles. The van der Waals surface area contributed by atoms with Crippen molar-refractivity contribution in [2.45, 2.75) is 45.1 Å². The average molecular weight is 391 g/mol. The van der Waals surface area contributed by atoms with Crippen LogP contribution >= 0.6 is 0 Å². The van der Waals surface area contributed by atoms with Crippen molar-refractivity contribution in [1.29, 1.82) is 0 Å². The van der Waals surface area contributed by atoms with Crippen molar-refractivity contribution in [3.05, 3.63) is 46.5 Å². The van der Waals surface area contributed by atoms with E-state index in [1.807, 2.05) is 6.07 Å². The maximum Gasteiger partial charge on any atom is 0.231 e. The molecule has 2 aromatic rings. The SMILES string of the molecule is CCCCC[C@@H]1c2c(ccc3c2OCO3)C=C2c3cc4c(cc3CCN21)OCO4. The molecule has 4 aliphatic rings. The lowest BCUT2D eigenvalue weighted by Crippen LogP contribution is -2.35. The van der Waals surface area contributed by atoms with Crippen molar-refractivity contribution >= 4 is 11.8 Å². The molecule has 0 saturated carbocycles. The van der Waals surface area contributed by atoms with Gasteiger partial charge in [-0.1, -0.05) is 32.3 Å². The predicted molar refractivity (Wildman–Crippen MR) is 110 cm³/mol. The Kier molecular flexibility index (Phi) is 3.89. The summed E-state index contributed by atoms with van der Waals surface area (Å²) in [7, 11) is 0. The third kappa shape index (κ3) is 2.60. The maximum absolute atomic E-state index is 5.93. The largest absolute Gasteiger partial charge is 0.454 e. The van der Waals surface area contributed by atoms with Crippen molar-refractivity contribution in [3.8, 4) is 23.0 Å². The highest BCUT2D eigenvalue weighted by molar-refractivity contribution is 5.88. The molecule has 0 amide bonds. The normalized spacial score (nSPS) is 20.1. The van der Waals surface area contributed by atoms with Crippen LogP contribution in [0.2, 0.25) is 0 Å². The van der Waals surface area contributed by atoms with Gasteiger partial charge in [-0.3, -0.25) is 0 Å². The van der Waals surface area contributed by atoms with Crippen molar-refractivity contribution in [2.75, 3.05) is 20.1 Å². The van der Waals surface area contributed by atoms with Crippen LogP contribution in [0.5, 0.6) is 23.0 Å². The molecule has 0 spiro atoms. The number of unbranched alkanes of at least 4 members (excludes halogenated alkanes) is 2. The van der Waals surface area contributed by atoms with E-state index < -0.39 is 0 Å². The van der Waals surface area contributed by atoms with E-state index in [4.69, 9.17) is 18.9 Å². The Morgan fingerprint density at radius 2 is 1.79 bits per heavy atom. The zero-order chi connectivity index (χ0) is 19.4. The van der Waals surface area contributed by atoms with Crippen LogP contribution in [-0.4, -0.2) is 25.0 Å². The lowest BCUT2D eigenvalue weighted by Gasteiger charge is -2.43. The Labute approximate surface area is 170 Å². The first-order chi connectivity index (χ1) is 14.3. The summed E-state index contributed by atoms with van der Waals surface area (Å²) in [6, 6.07) is 8.86. The molecular formula is C24H25NO4. The average Bonchev–Trinajstić information content (AvgIpc) is 3.40. The number of hydrogen-bond donors (Lipinski definition) is 0. The first kappa shape index (κ1) is 17.1. The fraction of sp³-hybridized carbons (Fsp3) is 0.417. The van der Waals surface area contributed by atoms with Crippen LogP contribution in [0.25, 0.3) is 11.8 Å². The van der Waals surface area contributed by atoms with E-state index in [-0.39, 0.29) is 0 Å². The number of fused-ring (bicyclic) bond motifs is 7. The third-order valence-corrected chi connectivity index (χ3v) is 6.50. The molecule has 0 aromatic heterocycles. The molecule has 29 heavy (non-hydrogen) atoms. The fourth-order valence-corrected chi connectivity index (χ4v) is 5.10. The van der Waals surface area contributed by atoms with Crippen LogP contribution in [-0.2, 0) is 6.42 Å². The van der Waals surface area contributed by atoms with Gasteiger partial charge >= 0.3 is 0 Å². The van der Waals surface area contributed by atoms with Gasteiger partial charge in [0.1, 0.15) is 0 Å². The summed E-state index contributed by atoms with van der Waals surface area (Å²) < 4.78 is 22.9. The first-order valence-electron chi connectivity index (χ1n) is 10.7. The Hall–Kier alpha value is -2.82. The van der Waals surface area contributed by atoms with Gasteiger partial charge in [-0.25, -0.2) is 0 Å². The number of rotatable bonds is 4. The molecule has 150 valence electrons. The molecule has 4 aliphatic heterocycles. The van der Waals surface area contributed by atoms with E-state index in [1.165, 1.54) is 47.2 Å². The Bertz CT molecular complexity index is 1010. The van der Waals surface area contributed by atoms with Gasteiger partial charge in [0, 0.05) is 23.4 Å². The van der Waals surface area contributed by atoms with Gasteiger partial charge in [-0.2, -0.15) is 0 Å². The second-order valence-corrected chi connectivity index (χ2v) is 8.15. The fourth-order valence-electron chi connectivity index (χ4n) is 5.10. The molecule has 5 nitrogen and oxygen atoms in total. The summed E-state index contributed by atoms with van der Waals surface area (Å²) in [5.74, 6) is 3.54. The Balaban J connectivity index is 1.49. The van der Waals surface area contributed by atoms with Gasteiger partial charge in [-0.05, 0) is 48.2 Å². The minimum atomic E-state index is 0.312. The van der Waals surface area contributed by atoms with Gasteiger partial charge in [0.2, 0.25) is 13.6 Å². The molecule has 0 radical (unpaired) electrons. The molecule has 4 heterocycles. The summed E-state index contributed by atoms with van der Waals surface area (Å²) in [5.41, 5.74) is 6.44. The number of hydrogen-bond acceptors (Lipinski definition) is 5. The molecule has 6 rings (SSSR count). The molecule has 0 N–H and O–H groups in total. The lowest BCUT2D eigenvalue weighted by molar-refractivity contribution is 0.170. The van der Waals surface area contributed by atoms with Crippen molar-refractivity contribution < 1.29 is 18.9 Å². The highest BCUT2D eigenvalue weighted by Gasteiger charge is 2.37. The smallest absolute Gasteiger partial charge is 0.231 e. The van der Waals surface area contributed by atoms with E-state index in [2.05, 4.69) is 36.1 Å². The van der Waals surface area contributed by atoms with Gasteiger partial charge in [-0.15, -0.1) is 0 Å². The van der Waals surface area contributed by atoms with Crippen molar-refractivity contribution in [3.63, 3.8) is 0 Å². The predicted octanol–water partition coefficient (Wildman–Crippen LogP) is 5.14. The van der Waals surface area contributed by atoms with Crippen LogP contribution in [0, 0.1) is 0 Å². The van der Waals surface area contributed by atoms with E-state index in [0.717, 1.165) is 42.4 Å². The van der Waals surface area contributed by atoms with Crippen LogP contribution in [0.3, 0.4) is 0 Å². The summed E-state index contributed by atoms with van der Waals surface area (Å²) in [5, 5.41) is 0. The van der Waals surface area contributed by atoms with E-state index >= 15 is 0 Å². The van der Waals surface area contributed by atoms with Gasteiger partial charge in [0.15, 0.2) is 23.0 Å². The van der Waals surface area contributed by atoms with E-state index in [0.29, 0.717) is 19.6 Å². The van der Waals surface area contributed by atoms with Crippen molar-refractivity contribution in [2.24, 2.45) is 0 Å². The maximum atomic E-state index is 5.93.